The second-order valence-corrected chi connectivity index (χ2v) is 6.69. The fourth-order valence-electron chi connectivity index (χ4n) is 2.26. The van der Waals surface area contributed by atoms with Gasteiger partial charge in [-0.2, -0.15) is 0 Å². The van der Waals surface area contributed by atoms with Crippen molar-refractivity contribution in [3.05, 3.63) is 64.7 Å². The normalized spacial score (nSPS) is 10.1. The maximum atomic E-state index is 12.2. The van der Waals surface area contributed by atoms with Gasteiger partial charge in [0.15, 0.2) is 5.11 Å². The lowest BCUT2D eigenvalue weighted by Crippen LogP contribution is -2.34. The standard InChI is InChI=1S/C19H20ClN3O2S/c1-23(2)17(24)11-10-13-6-5-7-14(12-13)21-19(26)22-18(25)15-8-3-4-9-16(15)20/h3-9,12H,10-11H2,1-2H3,(H2,21,22,25,26). The maximum absolute atomic E-state index is 12.2. The molecule has 2 aromatic carbocycles. The first kappa shape index (κ1) is 19.9. The van der Waals surface area contributed by atoms with Gasteiger partial charge in [-0.3, -0.25) is 14.9 Å². The van der Waals surface area contributed by atoms with Crippen LogP contribution in [0.1, 0.15) is 22.3 Å². The summed E-state index contributed by atoms with van der Waals surface area (Å²) in [4.78, 5) is 25.5. The van der Waals surface area contributed by atoms with Crippen LogP contribution in [0, 0.1) is 0 Å². The van der Waals surface area contributed by atoms with E-state index in [1.807, 2.05) is 24.3 Å². The maximum Gasteiger partial charge on any atom is 0.258 e. The topological polar surface area (TPSA) is 61.4 Å². The van der Waals surface area contributed by atoms with E-state index in [0.717, 1.165) is 11.3 Å². The van der Waals surface area contributed by atoms with Gasteiger partial charge >= 0.3 is 0 Å². The van der Waals surface area contributed by atoms with Crippen LogP contribution in [0.25, 0.3) is 0 Å². The van der Waals surface area contributed by atoms with Crippen LogP contribution in [0.2, 0.25) is 5.02 Å². The van der Waals surface area contributed by atoms with Crippen molar-refractivity contribution in [1.29, 1.82) is 0 Å². The minimum absolute atomic E-state index is 0.0749. The van der Waals surface area contributed by atoms with Crippen LogP contribution in [0.15, 0.2) is 48.5 Å². The minimum Gasteiger partial charge on any atom is -0.349 e. The summed E-state index contributed by atoms with van der Waals surface area (Å²) in [5.41, 5.74) is 2.10. The highest BCUT2D eigenvalue weighted by Gasteiger charge is 2.11. The molecule has 0 aliphatic heterocycles. The Morgan fingerprint density at radius 3 is 2.54 bits per heavy atom. The molecule has 0 aromatic heterocycles. The lowest BCUT2D eigenvalue weighted by molar-refractivity contribution is -0.128. The number of nitrogens with zero attached hydrogens (tertiary/aromatic N) is 1. The number of thiocarbonyl (C=S) groups is 1. The Morgan fingerprint density at radius 1 is 1.12 bits per heavy atom. The second kappa shape index (κ2) is 9.31. The summed E-state index contributed by atoms with van der Waals surface area (Å²) in [6.07, 6.45) is 1.06. The van der Waals surface area contributed by atoms with E-state index in [0.29, 0.717) is 23.4 Å². The van der Waals surface area contributed by atoms with Gasteiger partial charge < -0.3 is 10.2 Å². The molecule has 0 bridgehead atoms. The number of carbonyl (C=O) groups excluding carboxylic acids is 2. The van der Waals surface area contributed by atoms with Gasteiger partial charge in [-0.05, 0) is 48.5 Å². The van der Waals surface area contributed by atoms with Crippen LogP contribution < -0.4 is 10.6 Å². The number of anilines is 1. The summed E-state index contributed by atoms with van der Waals surface area (Å²) in [5.74, 6) is -0.299. The average molecular weight is 390 g/mol. The zero-order valence-corrected chi connectivity index (χ0v) is 16.2. The van der Waals surface area contributed by atoms with E-state index in [1.54, 1.807) is 43.3 Å². The van der Waals surface area contributed by atoms with Crippen molar-refractivity contribution in [2.45, 2.75) is 12.8 Å². The number of amides is 2. The van der Waals surface area contributed by atoms with E-state index >= 15 is 0 Å². The van der Waals surface area contributed by atoms with Crippen LogP contribution in [-0.4, -0.2) is 35.9 Å². The Bertz CT molecular complexity index is 824. The van der Waals surface area contributed by atoms with Crippen molar-refractivity contribution in [2.75, 3.05) is 19.4 Å². The first-order valence-corrected chi connectivity index (χ1v) is 8.81. The van der Waals surface area contributed by atoms with E-state index in [1.165, 1.54) is 0 Å². The summed E-state index contributed by atoms with van der Waals surface area (Å²) >= 11 is 11.2. The van der Waals surface area contributed by atoms with Crippen LogP contribution in [0.4, 0.5) is 5.69 Å². The number of rotatable bonds is 5. The summed E-state index contributed by atoms with van der Waals surface area (Å²) < 4.78 is 0. The highest BCUT2D eigenvalue weighted by Crippen LogP contribution is 2.15. The smallest absolute Gasteiger partial charge is 0.258 e. The molecule has 26 heavy (non-hydrogen) atoms. The molecular formula is C19H20ClN3O2S. The van der Waals surface area contributed by atoms with Gasteiger partial charge in [0.25, 0.3) is 5.91 Å². The third-order valence-corrected chi connectivity index (χ3v) is 4.19. The molecular weight excluding hydrogens is 370 g/mol. The predicted molar refractivity (Wildman–Crippen MR) is 109 cm³/mol. The molecule has 0 fully saturated rings. The number of halogens is 1. The Hall–Kier alpha value is -2.44. The predicted octanol–water partition coefficient (Wildman–Crippen LogP) is 3.49. The van der Waals surface area contributed by atoms with E-state index < -0.39 is 0 Å². The van der Waals surface area contributed by atoms with Crippen molar-refractivity contribution in [3.8, 4) is 0 Å². The minimum atomic E-state index is -0.374. The number of hydrogen-bond donors (Lipinski definition) is 2. The monoisotopic (exact) mass is 389 g/mol. The van der Waals surface area contributed by atoms with Gasteiger partial charge in [0.2, 0.25) is 5.91 Å². The number of carbonyl (C=O) groups is 2. The van der Waals surface area contributed by atoms with E-state index in [4.69, 9.17) is 23.8 Å². The average Bonchev–Trinajstić information content (AvgIpc) is 2.60. The molecule has 0 aliphatic rings. The molecule has 0 atom stereocenters. The van der Waals surface area contributed by atoms with Gasteiger partial charge in [0.05, 0.1) is 10.6 Å². The first-order chi connectivity index (χ1) is 12.4. The molecule has 136 valence electrons. The molecule has 2 amide bonds. The van der Waals surface area contributed by atoms with Crippen LogP contribution >= 0.6 is 23.8 Å². The zero-order chi connectivity index (χ0) is 19.1. The number of benzene rings is 2. The Morgan fingerprint density at radius 2 is 1.85 bits per heavy atom. The highest BCUT2D eigenvalue weighted by atomic mass is 35.5. The number of hydrogen-bond acceptors (Lipinski definition) is 3. The molecule has 2 N–H and O–H groups in total. The van der Waals surface area contributed by atoms with E-state index in [9.17, 15) is 9.59 Å². The van der Waals surface area contributed by atoms with Gasteiger partial charge in [-0.1, -0.05) is 35.9 Å². The Balaban J connectivity index is 1.94. The van der Waals surface area contributed by atoms with Crippen LogP contribution in [0.5, 0.6) is 0 Å². The molecule has 2 aromatic rings. The molecule has 0 radical (unpaired) electrons. The van der Waals surface area contributed by atoms with Crippen molar-refractivity contribution in [1.82, 2.24) is 10.2 Å². The van der Waals surface area contributed by atoms with Gasteiger partial charge in [-0.25, -0.2) is 0 Å². The third-order valence-electron chi connectivity index (χ3n) is 3.66. The van der Waals surface area contributed by atoms with Gasteiger partial charge in [0, 0.05) is 26.2 Å². The molecule has 5 nitrogen and oxygen atoms in total. The SMILES string of the molecule is CN(C)C(=O)CCc1cccc(NC(=S)NC(=O)c2ccccc2Cl)c1. The quantitative estimate of drug-likeness (QED) is 0.768. The fraction of sp³-hybridized carbons (Fsp3) is 0.211. The van der Waals surface area contributed by atoms with E-state index in [2.05, 4.69) is 10.6 Å². The molecule has 0 saturated carbocycles. The number of nitrogens with one attached hydrogen (secondary N) is 2. The molecule has 0 aliphatic carbocycles. The first-order valence-electron chi connectivity index (χ1n) is 8.03. The summed E-state index contributed by atoms with van der Waals surface area (Å²) in [7, 11) is 3.47. The lowest BCUT2D eigenvalue weighted by atomic mass is 10.1. The lowest BCUT2D eigenvalue weighted by Gasteiger charge is -2.12. The highest BCUT2D eigenvalue weighted by molar-refractivity contribution is 7.80. The molecule has 0 heterocycles. The van der Waals surface area contributed by atoms with Crippen molar-refractivity contribution in [3.63, 3.8) is 0 Å². The van der Waals surface area contributed by atoms with E-state index in [-0.39, 0.29) is 16.9 Å². The zero-order valence-electron chi connectivity index (χ0n) is 14.6. The molecule has 0 saturated heterocycles. The largest absolute Gasteiger partial charge is 0.349 e. The van der Waals surface area contributed by atoms with Crippen molar-refractivity contribution >= 4 is 46.4 Å². The van der Waals surface area contributed by atoms with Crippen LogP contribution in [-0.2, 0) is 11.2 Å². The Kier molecular flexibility index (Phi) is 7.12. The summed E-state index contributed by atoms with van der Waals surface area (Å²) in [6, 6.07) is 14.3. The molecule has 0 unspecified atom stereocenters. The van der Waals surface area contributed by atoms with Crippen molar-refractivity contribution < 1.29 is 9.59 Å². The third kappa shape index (κ3) is 5.82. The van der Waals surface area contributed by atoms with Gasteiger partial charge in [-0.15, -0.1) is 0 Å². The fourth-order valence-corrected chi connectivity index (χ4v) is 2.69. The molecule has 0 spiro atoms. The van der Waals surface area contributed by atoms with Gasteiger partial charge in [0.1, 0.15) is 0 Å². The summed E-state index contributed by atoms with van der Waals surface area (Å²) in [6.45, 7) is 0. The second-order valence-electron chi connectivity index (χ2n) is 5.88. The van der Waals surface area contributed by atoms with Crippen molar-refractivity contribution in [2.24, 2.45) is 0 Å². The molecule has 2 rings (SSSR count). The van der Waals surface area contributed by atoms with Crippen LogP contribution in [0.3, 0.4) is 0 Å². The Labute approximate surface area is 163 Å². The summed E-state index contributed by atoms with van der Waals surface area (Å²) in [5, 5.41) is 6.12. The molecule has 7 heteroatoms. The number of aryl methyl sites for hydroxylation is 1.